The van der Waals surface area contributed by atoms with Crippen LogP contribution in [0.15, 0.2) is 71.9 Å². The highest BCUT2D eigenvalue weighted by Gasteiger charge is 2.37. The maximum atomic E-state index is 13.3. The monoisotopic (exact) mass is 662 g/mol. The second-order valence-corrected chi connectivity index (χ2v) is 11.7. The topological polar surface area (TPSA) is 62.1 Å². The first-order chi connectivity index (χ1) is 20.7. The molecule has 4 rings (SSSR count). The molecule has 1 heterocycles. The number of nitrogens with zero attached hydrogens (tertiary/aromatic N) is 2. The van der Waals surface area contributed by atoms with Crippen molar-refractivity contribution < 1.29 is 36.2 Å². The van der Waals surface area contributed by atoms with E-state index in [0.717, 1.165) is 5.56 Å². The number of piperidine rings is 1. The van der Waals surface area contributed by atoms with Gasteiger partial charge in [-0.25, -0.2) is 0 Å². The van der Waals surface area contributed by atoms with Crippen LogP contribution in [0.2, 0.25) is 10.0 Å². The van der Waals surface area contributed by atoms with Crippen molar-refractivity contribution in [3.63, 3.8) is 0 Å². The fourth-order valence-corrected chi connectivity index (χ4v) is 5.76. The molecule has 13 heteroatoms. The van der Waals surface area contributed by atoms with Gasteiger partial charge in [0, 0.05) is 19.0 Å². The average Bonchev–Trinajstić information content (AvgIpc) is 2.98. The van der Waals surface area contributed by atoms with Crippen molar-refractivity contribution in [1.29, 1.82) is 0 Å². The molecule has 0 radical (unpaired) electrons. The Kier molecular flexibility index (Phi) is 11.0. The number of halogens is 8. The Morgan fingerprint density at radius 3 is 2.05 bits per heavy atom. The molecule has 1 fully saturated rings. The summed E-state index contributed by atoms with van der Waals surface area (Å²) in [4.78, 5) is 14.2. The number of likely N-dealkylation sites (tertiary alicyclic amines) is 1. The zero-order valence-electron chi connectivity index (χ0n) is 23.3. The highest BCUT2D eigenvalue weighted by atomic mass is 35.5. The number of alkyl halides is 6. The third-order valence-electron chi connectivity index (χ3n) is 7.93. The quantitative estimate of drug-likeness (QED) is 0.165. The molecular weight excluding hydrogens is 633 g/mol. The summed E-state index contributed by atoms with van der Waals surface area (Å²) >= 11 is 12.3. The van der Waals surface area contributed by atoms with Crippen LogP contribution in [0.4, 0.5) is 26.3 Å². The summed E-state index contributed by atoms with van der Waals surface area (Å²) in [7, 11) is 0. The van der Waals surface area contributed by atoms with Gasteiger partial charge in [0.2, 0.25) is 0 Å². The molecule has 0 amide bonds. The van der Waals surface area contributed by atoms with E-state index >= 15 is 0 Å². The van der Waals surface area contributed by atoms with Crippen molar-refractivity contribution in [2.45, 2.75) is 55.8 Å². The van der Waals surface area contributed by atoms with Crippen LogP contribution in [0.25, 0.3) is 0 Å². The molecule has 1 N–H and O–H groups in total. The van der Waals surface area contributed by atoms with Gasteiger partial charge in [-0.2, -0.15) is 31.2 Å². The SMILES string of the molecule is O=NC(COCc1cc(C(F)(F)F)cc(C(F)(F)F)c1)C(CCN1CCC(O)(c2ccccc2)CC1)c1ccc(Cl)c(Cl)c1. The first-order valence-electron chi connectivity index (χ1n) is 13.8. The summed E-state index contributed by atoms with van der Waals surface area (Å²) < 4.78 is 85.1. The van der Waals surface area contributed by atoms with E-state index in [1.54, 1.807) is 18.2 Å². The Balaban J connectivity index is 1.46. The molecule has 0 saturated carbocycles. The van der Waals surface area contributed by atoms with Crippen LogP contribution in [-0.4, -0.2) is 42.3 Å². The molecule has 1 aliphatic rings. The van der Waals surface area contributed by atoms with E-state index in [0.29, 0.717) is 61.6 Å². The molecular formula is C31H30Cl2F6N2O3. The van der Waals surface area contributed by atoms with Crippen molar-refractivity contribution in [3.05, 3.63) is 109 Å². The molecule has 2 atom stereocenters. The number of hydrogen-bond donors (Lipinski definition) is 1. The van der Waals surface area contributed by atoms with Crippen LogP contribution in [0.3, 0.4) is 0 Å². The van der Waals surface area contributed by atoms with Gasteiger partial charge < -0.3 is 14.7 Å². The molecule has 0 aromatic heterocycles. The molecule has 1 aliphatic heterocycles. The number of hydrogen-bond acceptors (Lipinski definition) is 5. The third kappa shape index (κ3) is 8.72. The smallest absolute Gasteiger partial charge is 0.385 e. The van der Waals surface area contributed by atoms with Gasteiger partial charge in [-0.05, 0) is 72.8 Å². The maximum Gasteiger partial charge on any atom is 0.416 e. The zero-order valence-corrected chi connectivity index (χ0v) is 24.9. The third-order valence-corrected chi connectivity index (χ3v) is 8.67. The average molecular weight is 663 g/mol. The van der Waals surface area contributed by atoms with Crippen molar-refractivity contribution in [2.24, 2.45) is 5.18 Å². The van der Waals surface area contributed by atoms with Crippen molar-refractivity contribution in [1.82, 2.24) is 4.90 Å². The van der Waals surface area contributed by atoms with Crippen molar-refractivity contribution in [2.75, 3.05) is 26.2 Å². The fraction of sp³-hybridized carbons (Fsp3) is 0.419. The lowest BCUT2D eigenvalue weighted by Crippen LogP contribution is -2.43. The normalized spacial score (nSPS) is 17.3. The minimum absolute atomic E-state index is 0.0425. The van der Waals surface area contributed by atoms with E-state index in [9.17, 15) is 36.4 Å². The maximum absolute atomic E-state index is 13.3. The molecule has 5 nitrogen and oxygen atoms in total. The number of aliphatic hydroxyl groups is 1. The Morgan fingerprint density at radius 1 is 0.886 bits per heavy atom. The molecule has 1 saturated heterocycles. The van der Waals surface area contributed by atoms with Gasteiger partial charge in [0.15, 0.2) is 0 Å². The number of rotatable bonds is 11. The van der Waals surface area contributed by atoms with Crippen molar-refractivity contribution >= 4 is 23.2 Å². The summed E-state index contributed by atoms with van der Waals surface area (Å²) in [6.07, 6.45) is -8.57. The Bertz CT molecular complexity index is 1380. The standard InChI is InChI=1S/C31H30Cl2F6N2O3/c32-26-7-6-21(16-27(26)33)25(8-11-41-12-9-29(42,10-13-41)22-4-2-1-3-5-22)28(40-43)19-44-18-20-14-23(30(34,35)36)17-24(15-20)31(37,38)39/h1-7,14-17,25,28,42H,8-13,18-19H2. The number of nitroso groups, excluding NO2 is 1. The van der Waals surface area contributed by atoms with Gasteiger partial charge in [0.25, 0.3) is 0 Å². The largest absolute Gasteiger partial charge is 0.416 e. The minimum Gasteiger partial charge on any atom is -0.385 e. The molecule has 3 aromatic rings. The Morgan fingerprint density at radius 2 is 1.50 bits per heavy atom. The molecule has 0 aliphatic carbocycles. The van der Waals surface area contributed by atoms with Gasteiger partial charge in [-0.1, -0.05) is 64.8 Å². The summed E-state index contributed by atoms with van der Waals surface area (Å²) in [6.45, 7) is 0.736. The lowest BCUT2D eigenvalue weighted by Gasteiger charge is -2.39. The summed E-state index contributed by atoms with van der Waals surface area (Å²) in [5, 5.41) is 14.9. The lowest BCUT2D eigenvalue weighted by atomic mass is 9.84. The van der Waals surface area contributed by atoms with E-state index < -0.39 is 47.6 Å². The van der Waals surface area contributed by atoms with Crippen LogP contribution >= 0.6 is 23.2 Å². The number of benzene rings is 3. The minimum atomic E-state index is -4.99. The Labute approximate surface area is 260 Å². The van der Waals surface area contributed by atoms with Crippen LogP contribution < -0.4 is 0 Å². The summed E-state index contributed by atoms with van der Waals surface area (Å²) in [5.41, 5.74) is -2.72. The molecule has 0 spiro atoms. The Hall–Kier alpha value is -2.70. The molecule has 3 aromatic carbocycles. The first kappa shape index (κ1) is 34.2. The van der Waals surface area contributed by atoms with E-state index in [1.807, 2.05) is 30.3 Å². The molecule has 44 heavy (non-hydrogen) atoms. The molecule has 2 unspecified atom stereocenters. The highest BCUT2D eigenvalue weighted by molar-refractivity contribution is 6.42. The van der Waals surface area contributed by atoms with Gasteiger partial charge in [0.1, 0.15) is 6.04 Å². The first-order valence-corrected chi connectivity index (χ1v) is 14.6. The van der Waals surface area contributed by atoms with Gasteiger partial charge in [0.05, 0.1) is 40.0 Å². The van der Waals surface area contributed by atoms with E-state index in [1.165, 1.54) is 0 Å². The second-order valence-electron chi connectivity index (χ2n) is 10.9. The van der Waals surface area contributed by atoms with Gasteiger partial charge in [-0.3, -0.25) is 0 Å². The molecule has 238 valence electrons. The molecule has 0 bridgehead atoms. The van der Waals surface area contributed by atoms with Crippen LogP contribution in [-0.2, 0) is 29.3 Å². The van der Waals surface area contributed by atoms with Crippen LogP contribution in [0.1, 0.15) is 53.0 Å². The number of ether oxygens (including phenoxy) is 1. The predicted molar refractivity (Wildman–Crippen MR) is 156 cm³/mol. The predicted octanol–water partition coefficient (Wildman–Crippen LogP) is 8.84. The summed E-state index contributed by atoms with van der Waals surface area (Å²) in [5.74, 6) is -0.551. The summed E-state index contributed by atoms with van der Waals surface area (Å²) in [6, 6.07) is 14.4. The van der Waals surface area contributed by atoms with Crippen LogP contribution in [0.5, 0.6) is 0 Å². The highest BCUT2D eigenvalue weighted by Crippen LogP contribution is 2.38. The second kappa shape index (κ2) is 14.2. The van der Waals surface area contributed by atoms with E-state index in [4.69, 9.17) is 27.9 Å². The van der Waals surface area contributed by atoms with E-state index in [2.05, 4.69) is 10.1 Å². The van der Waals surface area contributed by atoms with Gasteiger partial charge >= 0.3 is 12.4 Å². The van der Waals surface area contributed by atoms with Gasteiger partial charge in [-0.15, -0.1) is 0 Å². The zero-order chi connectivity index (χ0) is 32.1. The fourth-order valence-electron chi connectivity index (χ4n) is 5.45. The van der Waals surface area contributed by atoms with Crippen molar-refractivity contribution in [3.8, 4) is 0 Å². The van der Waals surface area contributed by atoms with E-state index in [-0.39, 0.29) is 23.3 Å². The van der Waals surface area contributed by atoms with Crippen LogP contribution in [0, 0.1) is 4.91 Å². The lowest BCUT2D eigenvalue weighted by molar-refractivity contribution is -0.143.